The summed E-state index contributed by atoms with van der Waals surface area (Å²) in [6.45, 7) is 0. The Balaban J connectivity index is 1.90. The van der Waals surface area contributed by atoms with Crippen molar-refractivity contribution < 1.29 is 8.42 Å². The summed E-state index contributed by atoms with van der Waals surface area (Å²) in [5.74, 6) is 1.03. The lowest BCUT2D eigenvalue weighted by Gasteiger charge is -2.24. The van der Waals surface area contributed by atoms with E-state index < -0.39 is 15.1 Å². The van der Waals surface area contributed by atoms with Crippen LogP contribution in [0.5, 0.6) is 0 Å². The quantitative estimate of drug-likeness (QED) is 0.852. The van der Waals surface area contributed by atoms with Crippen molar-refractivity contribution in [2.24, 2.45) is 0 Å². The summed E-state index contributed by atoms with van der Waals surface area (Å²) in [6.07, 6.45) is 8.81. The average Bonchev–Trinajstić information content (AvgIpc) is 3.13. The standard InChI is InChI=1S/C16H21N3O2S/c20-22(21)11-4-3-9-14(22)16-18-13-8-5-10-17-15(13)19(16)12-6-1-2-7-12/h5,8,10,12,14H,1-4,6-7,9,11H2. The van der Waals surface area contributed by atoms with E-state index in [9.17, 15) is 8.42 Å². The van der Waals surface area contributed by atoms with E-state index in [1.165, 1.54) is 12.8 Å². The van der Waals surface area contributed by atoms with Crippen molar-refractivity contribution in [3.8, 4) is 0 Å². The highest BCUT2D eigenvalue weighted by atomic mass is 32.2. The Kier molecular flexibility index (Phi) is 3.44. The highest BCUT2D eigenvalue weighted by Gasteiger charge is 2.36. The maximum absolute atomic E-state index is 12.6. The van der Waals surface area contributed by atoms with Crippen LogP contribution in [0.25, 0.3) is 11.2 Å². The van der Waals surface area contributed by atoms with E-state index in [0.29, 0.717) is 18.2 Å². The van der Waals surface area contributed by atoms with Crippen LogP contribution in [0, 0.1) is 0 Å². The number of sulfone groups is 1. The SMILES string of the molecule is O=S1(=O)CCCCC1c1nc2cccnc2n1C1CCCC1. The topological polar surface area (TPSA) is 64.8 Å². The number of pyridine rings is 1. The first-order valence-corrected chi connectivity index (χ1v) is 9.93. The second kappa shape index (κ2) is 5.33. The number of hydrogen-bond donors (Lipinski definition) is 0. The van der Waals surface area contributed by atoms with Crippen molar-refractivity contribution in [3.63, 3.8) is 0 Å². The van der Waals surface area contributed by atoms with Gasteiger partial charge in [0, 0.05) is 12.2 Å². The zero-order valence-electron chi connectivity index (χ0n) is 12.6. The third kappa shape index (κ3) is 2.24. The van der Waals surface area contributed by atoms with Crippen molar-refractivity contribution in [1.82, 2.24) is 14.5 Å². The van der Waals surface area contributed by atoms with E-state index in [2.05, 4.69) is 9.55 Å². The summed E-state index contributed by atoms with van der Waals surface area (Å²) < 4.78 is 27.3. The van der Waals surface area contributed by atoms with Crippen LogP contribution in [0.4, 0.5) is 0 Å². The van der Waals surface area contributed by atoms with Gasteiger partial charge in [-0.15, -0.1) is 0 Å². The molecule has 1 aliphatic carbocycles. The van der Waals surface area contributed by atoms with E-state index in [-0.39, 0.29) is 0 Å². The summed E-state index contributed by atoms with van der Waals surface area (Å²) in [7, 11) is -3.09. The molecular formula is C16H21N3O2S. The first kappa shape index (κ1) is 14.2. The minimum absolute atomic E-state index is 0.291. The Morgan fingerprint density at radius 1 is 1.09 bits per heavy atom. The van der Waals surface area contributed by atoms with Crippen LogP contribution in [0.3, 0.4) is 0 Å². The van der Waals surface area contributed by atoms with E-state index in [1.54, 1.807) is 6.20 Å². The summed E-state index contributed by atoms with van der Waals surface area (Å²) in [4.78, 5) is 9.19. The second-order valence-corrected chi connectivity index (χ2v) is 8.78. The molecule has 22 heavy (non-hydrogen) atoms. The van der Waals surface area contributed by atoms with Gasteiger partial charge in [0.25, 0.3) is 0 Å². The molecule has 4 rings (SSSR count). The third-order valence-corrected chi connectivity index (χ3v) is 7.20. The Morgan fingerprint density at radius 3 is 2.64 bits per heavy atom. The van der Waals surface area contributed by atoms with E-state index in [1.807, 2.05) is 12.1 Å². The molecule has 0 radical (unpaired) electrons. The minimum Gasteiger partial charge on any atom is -0.308 e. The number of rotatable bonds is 2. The molecule has 1 saturated heterocycles. The van der Waals surface area contributed by atoms with Crippen molar-refractivity contribution in [1.29, 1.82) is 0 Å². The molecule has 6 heteroatoms. The van der Waals surface area contributed by atoms with Crippen molar-refractivity contribution in [3.05, 3.63) is 24.2 Å². The fourth-order valence-corrected chi connectivity index (χ4v) is 5.85. The fraction of sp³-hybridized carbons (Fsp3) is 0.625. The van der Waals surface area contributed by atoms with E-state index >= 15 is 0 Å². The molecule has 2 aromatic heterocycles. The van der Waals surface area contributed by atoms with Crippen LogP contribution < -0.4 is 0 Å². The summed E-state index contributed by atoms with van der Waals surface area (Å²) in [5, 5.41) is -0.448. The Morgan fingerprint density at radius 2 is 1.86 bits per heavy atom. The van der Waals surface area contributed by atoms with Gasteiger partial charge in [0.15, 0.2) is 15.5 Å². The fourth-order valence-electron chi connectivity index (χ4n) is 3.94. The van der Waals surface area contributed by atoms with Crippen LogP contribution in [0.1, 0.15) is 62.1 Å². The van der Waals surface area contributed by atoms with Gasteiger partial charge in [0.05, 0.1) is 5.75 Å². The number of fused-ring (bicyclic) bond motifs is 1. The van der Waals surface area contributed by atoms with Gasteiger partial charge in [-0.3, -0.25) is 0 Å². The number of aromatic nitrogens is 3. The monoisotopic (exact) mass is 319 g/mol. The molecule has 0 N–H and O–H groups in total. The first-order chi connectivity index (χ1) is 10.7. The molecule has 0 aromatic carbocycles. The molecule has 2 aliphatic rings. The average molecular weight is 319 g/mol. The van der Waals surface area contributed by atoms with Gasteiger partial charge in [-0.1, -0.05) is 19.3 Å². The van der Waals surface area contributed by atoms with Crippen LogP contribution in [0.2, 0.25) is 0 Å². The molecule has 0 amide bonds. The van der Waals surface area contributed by atoms with Gasteiger partial charge in [-0.2, -0.15) is 0 Å². The molecule has 5 nitrogen and oxygen atoms in total. The van der Waals surface area contributed by atoms with Crippen LogP contribution in [0.15, 0.2) is 18.3 Å². The molecule has 1 saturated carbocycles. The molecule has 118 valence electrons. The number of nitrogens with zero attached hydrogens (tertiary/aromatic N) is 3. The van der Waals surface area contributed by atoms with Crippen molar-refractivity contribution >= 4 is 21.0 Å². The smallest absolute Gasteiger partial charge is 0.160 e. The van der Waals surface area contributed by atoms with Gasteiger partial charge in [-0.05, 0) is 37.8 Å². The van der Waals surface area contributed by atoms with Crippen LogP contribution in [-0.4, -0.2) is 28.7 Å². The first-order valence-electron chi connectivity index (χ1n) is 8.21. The zero-order chi connectivity index (χ0) is 15.2. The second-order valence-electron chi connectivity index (χ2n) is 6.48. The van der Waals surface area contributed by atoms with Gasteiger partial charge in [0.2, 0.25) is 0 Å². The lowest BCUT2D eigenvalue weighted by atomic mass is 10.1. The van der Waals surface area contributed by atoms with Gasteiger partial charge in [-0.25, -0.2) is 18.4 Å². The molecule has 2 fully saturated rings. The largest absolute Gasteiger partial charge is 0.308 e. The summed E-state index contributed by atoms with van der Waals surface area (Å²) in [5.41, 5.74) is 1.68. The normalized spacial score (nSPS) is 25.7. The highest BCUT2D eigenvalue weighted by molar-refractivity contribution is 7.91. The molecule has 0 spiro atoms. The Bertz CT molecular complexity index is 791. The molecule has 3 heterocycles. The lowest BCUT2D eigenvalue weighted by molar-refractivity contribution is 0.480. The number of hydrogen-bond acceptors (Lipinski definition) is 4. The number of imidazole rings is 1. The Hall–Kier alpha value is -1.43. The molecule has 0 bridgehead atoms. The van der Waals surface area contributed by atoms with Crippen LogP contribution >= 0.6 is 0 Å². The minimum atomic E-state index is -3.09. The Labute approximate surface area is 130 Å². The maximum Gasteiger partial charge on any atom is 0.160 e. The van der Waals surface area contributed by atoms with Gasteiger partial charge < -0.3 is 4.57 Å². The van der Waals surface area contributed by atoms with Crippen molar-refractivity contribution in [2.45, 2.75) is 56.2 Å². The highest BCUT2D eigenvalue weighted by Crippen LogP contribution is 2.39. The van der Waals surface area contributed by atoms with Crippen molar-refractivity contribution in [2.75, 3.05) is 5.75 Å². The lowest BCUT2D eigenvalue weighted by Crippen LogP contribution is -2.25. The molecule has 1 unspecified atom stereocenters. The predicted octanol–water partition coefficient (Wildman–Crippen LogP) is 3.19. The molecule has 1 aliphatic heterocycles. The summed E-state index contributed by atoms with van der Waals surface area (Å²) in [6, 6.07) is 4.16. The molecule has 2 aromatic rings. The van der Waals surface area contributed by atoms with Gasteiger partial charge in [0.1, 0.15) is 16.6 Å². The maximum atomic E-state index is 12.6. The van der Waals surface area contributed by atoms with E-state index in [4.69, 9.17) is 4.98 Å². The third-order valence-electron chi connectivity index (χ3n) is 5.03. The summed E-state index contributed by atoms with van der Waals surface area (Å²) >= 11 is 0. The van der Waals surface area contributed by atoms with Gasteiger partial charge >= 0.3 is 0 Å². The molecule has 1 atom stereocenters. The van der Waals surface area contributed by atoms with Crippen LogP contribution in [-0.2, 0) is 9.84 Å². The predicted molar refractivity (Wildman–Crippen MR) is 85.4 cm³/mol. The zero-order valence-corrected chi connectivity index (χ0v) is 13.4. The van der Waals surface area contributed by atoms with E-state index in [0.717, 1.165) is 42.7 Å². The molecular weight excluding hydrogens is 298 g/mol.